The summed E-state index contributed by atoms with van der Waals surface area (Å²) in [6.45, 7) is 7.78. The average molecular weight is 323 g/mol. The zero-order valence-corrected chi connectivity index (χ0v) is 14.7. The van der Waals surface area contributed by atoms with Gasteiger partial charge in [0.2, 0.25) is 0 Å². The third-order valence-corrected chi connectivity index (χ3v) is 4.19. The van der Waals surface area contributed by atoms with Crippen LogP contribution in [0.4, 0.5) is 0 Å². The molecular formula is C19H25N5. The normalized spacial score (nSPS) is 11.3. The van der Waals surface area contributed by atoms with Crippen LogP contribution in [-0.4, -0.2) is 31.5 Å². The molecule has 0 aliphatic carbocycles. The highest BCUT2D eigenvalue weighted by molar-refractivity contribution is 5.23. The van der Waals surface area contributed by atoms with E-state index in [1.807, 2.05) is 27.8 Å². The zero-order chi connectivity index (χ0) is 16.9. The number of benzene rings is 1. The predicted octanol–water partition coefficient (Wildman–Crippen LogP) is 3.09. The highest BCUT2D eigenvalue weighted by atomic mass is 15.3. The van der Waals surface area contributed by atoms with E-state index in [9.17, 15) is 0 Å². The Hall–Kier alpha value is -2.40. The van der Waals surface area contributed by atoms with Gasteiger partial charge in [0, 0.05) is 43.8 Å². The lowest BCUT2D eigenvalue weighted by Crippen LogP contribution is -2.17. The largest absolute Gasteiger partial charge is 0.298 e. The smallest absolute Gasteiger partial charge is 0.0659 e. The summed E-state index contributed by atoms with van der Waals surface area (Å²) in [7, 11) is 2.15. The van der Waals surface area contributed by atoms with Crippen molar-refractivity contribution >= 4 is 0 Å². The minimum Gasteiger partial charge on any atom is -0.298 e. The third kappa shape index (κ3) is 4.11. The van der Waals surface area contributed by atoms with Gasteiger partial charge in [-0.05, 0) is 38.1 Å². The van der Waals surface area contributed by atoms with Crippen molar-refractivity contribution in [3.05, 3.63) is 71.3 Å². The van der Waals surface area contributed by atoms with Crippen LogP contribution in [0, 0.1) is 6.92 Å². The van der Waals surface area contributed by atoms with E-state index >= 15 is 0 Å². The van der Waals surface area contributed by atoms with E-state index in [1.54, 1.807) is 0 Å². The second-order valence-corrected chi connectivity index (χ2v) is 6.29. The average Bonchev–Trinajstić information content (AvgIpc) is 3.19. The maximum Gasteiger partial charge on any atom is 0.0659 e. The van der Waals surface area contributed by atoms with Crippen molar-refractivity contribution in [2.45, 2.75) is 40.0 Å². The fraction of sp³-hybridized carbons (Fsp3) is 0.368. The van der Waals surface area contributed by atoms with E-state index < -0.39 is 0 Å². The van der Waals surface area contributed by atoms with Crippen LogP contribution < -0.4 is 0 Å². The molecule has 0 saturated heterocycles. The van der Waals surface area contributed by atoms with Gasteiger partial charge in [0.05, 0.1) is 12.2 Å². The number of aryl methyl sites for hydroxylation is 2. The molecule has 0 aliphatic rings. The van der Waals surface area contributed by atoms with Gasteiger partial charge < -0.3 is 0 Å². The van der Waals surface area contributed by atoms with Gasteiger partial charge >= 0.3 is 0 Å². The molecule has 0 saturated carbocycles. The molecule has 0 spiro atoms. The van der Waals surface area contributed by atoms with Crippen molar-refractivity contribution in [3.8, 4) is 0 Å². The van der Waals surface area contributed by atoms with Gasteiger partial charge in [0.15, 0.2) is 0 Å². The van der Waals surface area contributed by atoms with E-state index in [4.69, 9.17) is 0 Å². The summed E-state index contributed by atoms with van der Waals surface area (Å²) in [5.41, 5.74) is 5.01. The van der Waals surface area contributed by atoms with Crippen molar-refractivity contribution in [1.29, 1.82) is 0 Å². The second-order valence-electron chi connectivity index (χ2n) is 6.29. The van der Waals surface area contributed by atoms with Crippen LogP contribution in [-0.2, 0) is 26.2 Å². The highest BCUT2D eigenvalue weighted by Crippen LogP contribution is 2.12. The van der Waals surface area contributed by atoms with E-state index in [-0.39, 0.29) is 0 Å². The summed E-state index contributed by atoms with van der Waals surface area (Å²) in [6.07, 6.45) is 5.95. The summed E-state index contributed by atoms with van der Waals surface area (Å²) in [4.78, 5) is 2.33. The van der Waals surface area contributed by atoms with E-state index in [2.05, 4.69) is 66.5 Å². The molecule has 24 heavy (non-hydrogen) atoms. The number of hydrogen-bond acceptors (Lipinski definition) is 3. The first-order valence-corrected chi connectivity index (χ1v) is 8.40. The molecule has 3 aromatic rings. The molecule has 2 aromatic heterocycles. The predicted molar refractivity (Wildman–Crippen MR) is 95.6 cm³/mol. The lowest BCUT2D eigenvalue weighted by atomic mass is 10.1. The van der Waals surface area contributed by atoms with Crippen molar-refractivity contribution in [1.82, 2.24) is 24.5 Å². The molecule has 0 aliphatic heterocycles. The Kier molecular flexibility index (Phi) is 5.11. The van der Waals surface area contributed by atoms with Crippen molar-refractivity contribution in [2.24, 2.45) is 0 Å². The molecule has 0 unspecified atom stereocenters. The molecule has 0 fully saturated rings. The summed E-state index contributed by atoms with van der Waals surface area (Å²) >= 11 is 0. The second kappa shape index (κ2) is 7.45. The molecule has 3 rings (SSSR count). The number of hydrogen-bond donors (Lipinski definition) is 0. The molecule has 5 nitrogen and oxygen atoms in total. The number of aromatic nitrogens is 4. The number of nitrogens with zero attached hydrogens (tertiary/aromatic N) is 5. The first kappa shape index (κ1) is 16.5. The third-order valence-electron chi connectivity index (χ3n) is 4.19. The molecule has 126 valence electrons. The lowest BCUT2D eigenvalue weighted by Gasteiger charge is -2.16. The first-order chi connectivity index (χ1) is 11.6. The van der Waals surface area contributed by atoms with Gasteiger partial charge in [-0.3, -0.25) is 14.3 Å². The van der Waals surface area contributed by atoms with Crippen LogP contribution in [0.5, 0.6) is 0 Å². The Bertz CT molecular complexity index is 756. The van der Waals surface area contributed by atoms with Crippen molar-refractivity contribution < 1.29 is 0 Å². The van der Waals surface area contributed by atoms with Crippen molar-refractivity contribution in [2.75, 3.05) is 7.05 Å². The Morgan fingerprint density at radius 1 is 1.04 bits per heavy atom. The summed E-state index contributed by atoms with van der Waals surface area (Å²) in [5, 5.41) is 8.76. The Morgan fingerprint density at radius 3 is 2.42 bits per heavy atom. The van der Waals surface area contributed by atoms with Crippen LogP contribution in [0.1, 0.15) is 29.3 Å². The fourth-order valence-corrected chi connectivity index (χ4v) is 2.87. The molecule has 2 heterocycles. The van der Waals surface area contributed by atoms with Gasteiger partial charge in [0.25, 0.3) is 0 Å². The molecular weight excluding hydrogens is 298 g/mol. The zero-order valence-electron chi connectivity index (χ0n) is 14.7. The summed E-state index contributed by atoms with van der Waals surface area (Å²) in [6, 6.07) is 10.7. The van der Waals surface area contributed by atoms with Crippen LogP contribution in [0.25, 0.3) is 0 Å². The standard InChI is InChI=1S/C19H25N5/c1-4-23-15-19(16(2)21-23)14-22(3)12-17-6-8-18(9-7-17)13-24-11-5-10-20-24/h5-11,15H,4,12-14H2,1-3H3. The summed E-state index contributed by atoms with van der Waals surface area (Å²) < 4.78 is 3.94. The molecule has 0 atom stereocenters. The first-order valence-electron chi connectivity index (χ1n) is 8.40. The highest BCUT2D eigenvalue weighted by Gasteiger charge is 2.08. The lowest BCUT2D eigenvalue weighted by molar-refractivity contribution is 0.318. The monoisotopic (exact) mass is 323 g/mol. The fourth-order valence-electron chi connectivity index (χ4n) is 2.87. The van der Waals surface area contributed by atoms with Gasteiger partial charge in [-0.25, -0.2) is 0 Å². The topological polar surface area (TPSA) is 38.9 Å². The Labute approximate surface area is 143 Å². The van der Waals surface area contributed by atoms with Crippen LogP contribution in [0.15, 0.2) is 48.9 Å². The van der Waals surface area contributed by atoms with Gasteiger partial charge in [0.1, 0.15) is 0 Å². The minimum absolute atomic E-state index is 0.818. The molecule has 0 N–H and O–H groups in total. The SMILES string of the molecule is CCn1cc(CN(C)Cc2ccc(Cn3cccn3)cc2)c(C)n1. The molecule has 1 aromatic carbocycles. The van der Waals surface area contributed by atoms with E-state index in [0.29, 0.717) is 0 Å². The number of rotatable bonds is 7. The van der Waals surface area contributed by atoms with Gasteiger partial charge in [-0.15, -0.1) is 0 Å². The Morgan fingerprint density at radius 2 is 1.79 bits per heavy atom. The van der Waals surface area contributed by atoms with Crippen LogP contribution >= 0.6 is 0 Å². The van der Waals surface area contributed by atoms with Gasteiger partial charge in [-0.1, -0.05) is 24.3 Å². The van der Waals surface area contributed by atoms with Crippen LogP contribution in [0.3, 0.4) is 0 Å². The quantitative estimate of drug-likeness (QED) is 0.671. The molecule has 0 bridgehead atoms. The van der Waals surface area contributed by atoms with E-state index in [0.717, 1.165) is 31.9 Å². The molecule has 5 heteroatoms. The van der Waals surface area contributed by atoms with Gasteiger partial charge in [-0.2, -0.15) is 10.2 Å². The minimum atomic E-state index is 0.818. The maximum absolute atomic E-state index is 4.52. The molecule has 0 amide bonds. The van der Waals surface area contributed by atoms with E-state index in [1.165, 1.54) is 16.7 Å². The molecule has 0 radical (unpaired) electrons. The summed E-state index contributed by atoms with van der Waals surface area (Å²) in [5.74, 6) is 0. The van der Waals surface area contributed by atoms with Crippen LogP contribution in [0.2, 0.25) is 0 Å². The maximum atomic E-state index is 4.52. The van der Waals surface area contributed by atoms with Crippen molar-refractivity contribution in [3.63, 3.8) is 0 Å². The Balaban J connectivity index is 1.57.